The van der Waals surface area contributed by atoms with Crippen molar-refractivity contribution < 1.29 is 28.4 Å². The van der Waals surface area contributed by atoms with E-state index in [-0.39, 0.29) is 11.8 Å². The molecule has 0 N–H and O–H groups in total. The highest BCUT2D eigenvalue weighted by molar-refractivity contribution is 9.10. The molecule has 7 heteroatoms. The van der Waals surface area contributed by atoms with Crippen LogP contribution in [0.25, 0.3) is 11.6 Å². The van der Waals surface area contributed by atoms with Crippen molar-refractivity contribution in [1.29, 1.82) is 0 Å². The molecule has 0 heterocycles. The molecule has 212 valence electrons. The summed E-state index contributed by atoms with van der Waals surface area (Å²) < 4.78 is 35.0. The van der Waals surface area contributed by atoms with Gasteiger partial charge in [-0.05, 0) is 74.6 Å². The predicted molar refractivity (Wildman–Crippen MR) is 165 cm³/mol. The van der Waals surface area contributed by atoms with Crippen LogP contribution >= 0.6 is 15.9 Å². The fourth-order valence-electron chi connectivity index (χ4n) is 5.63. The standard InChI is InChI=1S/C34H33BrO6/c1-36-23-11-7-20(8-12-23)15-27-30(21-9-13-24(37-2)14-10-21)31(22-16-25(38-3)18-26(17-22)39-4)33-28(40-5)19-29(41-6)34(35)32(27)33/h7-19,30-31H,1-6H3/b27-15+/t30?,31-/m1/s1. The van der Waals surface area contributed by atoms with Crippen LogP contribution < -0.4 is 28.4 Å². The molecule has 0 fully saturated rings. The van der Waals surface area contributed by atoms with Crippen LogP contribution in [-0.4, -0.2) is 42.7 Å². The summed E-state index contributed by atoms with van der Waals surface area (Å²) >= 11 is 3.90. The zero-order valence-electron chi connectivity index (χ0n) is 24.0. The number of benzene rings is 4. The molecule has 4 aromatic rings. The fourth-order valence-corrected chi connectivity index (χ4v) is 6.35. The second kappa shape index (κ2) is 12.2. The normalized spacial score (nSPS) is 16.7. The van der Waals surface area contributed by atoms with Crippen molar-refractivity contribution in [2.45, 2.75) is 11.8 Å². The number of hydrogen-bond acceptors (Lipinski definition) is 6. The molecule has 0 bridgehead atoms. The Balaban J connectivity index is 1.86. The average molecular weight is 618 g/mol. The molecule has 0 spiro atoms. The third-order valence-electron chi connectivity index (χ3n) is 7.59. The smallest absolute Gasteiger partial charge is 0.137 e. The summed E-state index contributed by atoms with van der Waals surface area (Å²) in [7, 11) is 10.0. The highest BCUT2D eigenvalue weighted by Gasteiger charge is 2.43. The summed E-state index contributed by atoms with van der Waals surface area (Å²) in [5.74, 6) is 4.24. The van der Waals surface area contributed by atoms with Crippen LogP contribution in [0, 0.1) is 0 Å². The largest absolute Gasteiger partial charge is 0.497 e. The third kappa shape index (κ3) is 5.34. The van der Waals surface area contributed by atoms with E-state index in [1.165, 1.54) is 0 Å². The number of fused-ring (bicyclic) bond motifs is 1. The Morgan fingerprint density at radius 3 is 1.59 bits per heavy atom. The summed E-state index contributed by atoms with van der Waals surface area (Å²) in [4.78, 5) is 0. The highest BCUT2D eigenvalue weighted by Crippen LogP contribution is 2.61. The molecule has 0 saturated heterocycles. The Morgan fingerprint density at radius 1 is 0.537 bits per heavy atom. The maximum Gasteiger partial charge on any atom is 0.137 e. The number of rotatable bonds is 9. The molecule has 1 unspecified atom stereocenters. The molecule has 0 aliphatic heterocycles. The number of allylic oxidation sites excluding steroid dienone is 1. The molecule has 41 heavy (non-hydrogen) atoms. The van der Waals surface area contributed by atoms with E-state index in [0.717, 1.165) is 55.1 Å². The molecule has 2 atom stereocenters. The van der Waals surface area contributed by atoms with Crippen molar-refractivity contribution in [2.75, 3.05) is 42.7 Å². The molecule has 1 aliphatic carbocycles. The first-order valence-electron chi connectivity index (χ1n) is 13.1. The maximum absolute atomic E-state index is 6.04. The molecular formula is C34H33BrO6. The van der Waals surface area contributed by atoms with Crippen molar-refractivity contribution in [3.8, 4) is 34.5 Å². The molecule has 5 rings (SSSR count). The second-order valence-corrected chi connectivity index (χ2v) is 10.4. The summed E-state index contributed by atoms with van der Waals surface area (Å²) in [5, 5.41) is 0. The van der Waals surface area contributed by atoms with Crippen LogP contribution in [0.1, 0.15) is 39.7 Å². The first-order chi connectivity index (χ1) is 20.0. The van der Waals surface area contributed by atoms with Gasteiger partial charge in [-0.25, -0.2) is 0 Å². The predicted octanol–water partition coefficient (Wildman–Crippen LogP) is 7.97. The van der Waals surface area contributed by atoms with E-state index in [9.17, 15) is 0 Å². The molecule has 1 aliphatic rings. The Bertz CT molecular complexity index is 1540. The van der Waals surface area contributed by atoms with E-state index >= 15 is 0 Å². The van der Waals surface area contributed by atoms with Gasteiger partial charge in [-0.2, -0.15) is 0 Å². The number of hydrogen-bond donors (Lipinski definition) is 0. The van der Waals surface area contributed by atoms with Crippen molar-refractivity contribution in [3.63, 3.8) is 0 Å². The van der Waals surface area contributed by atoms with E-state index in [1.54, 1.807) is 42.7 Å². The summed E-state index contributed by atoms with van der Waals surface area (Å²) in [6, 6.07) is 24.3. The Hall–Kier alpha value is -4.10. The lowest BCUT2D eigenvalue weighted by atomic mass is 9.79. The van der Waals surface area contributed by atoms with Crippen LogP contribution in [0.15, 0.2) is 77.3 Å². The van der Waals surface area contributed by atoms with Gasteiger partial charge < -0.3 is 28.4 Å². The van der Waals surface area contributed by atoms with Gasteiger partial charge in [-0.15, -0.1) is 0 Å². The zero-order valence-corrected chi connectivity index (χ0v) is 25.6. The van der Waals surface area contributed by atoms with Crippen molar-refractivity contribution in [1.82, 2.24) is 0 Å². The quantitative estimate of drug-likeness (QED) is 0.190. The number of methoxy groups -OCH3 is 6. The zero-order chi connectivity index (χ0) is 29.1. The van der Waals surface area contributed by atoms with E-state index in [1.807, 2.05) is 36.4 Å². The van der Waals surface area contributed by atoms with Crippen molar-refractivity contribution in [2.24, 2.45) is 0 Å². The van der Waals surface area contributed by atoms with Gasteiger partial charge in [0.05, 0.1) is 47.1 Å². The minimum Gasteiger partial charge on any atom is -0.497 e. The van der Waals surface area contributed by atoms with Gasteiger partial charge in [0.2, 0.25) is 0 Å². The molecule has 0 radical (unpaired) electrons. The molecule has 6 nitrogen and oxygen atoms in total. The third-order valence-corrected chi connectivity index (χ3v) is 8.37. The number of halogens is 1. The van der Waals surface area contributed by atoms with Crippen LogP contribution in [0.2, 0.25) is 0 Å². The molecule has 4 aromatic carbocycles. The summed E-state index contributed by atoms with van der Waals surface area (Å²) in [6.07, 6.45) is 2.23. The van der Waals surface area contributed by atoms with Gasteiger partial charge in [-0.1, -0.05) is 30.3 Å². The van der Waals surface area contributed by atoms with Crippen LogP contribution in [0.5, 0.6) is 34.5 Å². The topological polar surface area (TPSA) is 55.4 Å². The first kappa shape index (κ1) is 28.4. The lowest BCUT2D eigenvalue weighted by molar-refractivity contribution is 0.387. The van der Waals surface area contributed by atoms with E-state index in [0.29, 0.717) is 17.2 Å². The SMILES string of the molecule is COc1ccc(/C=C2/c3c(Br)c(OC)cc(OC)c3[C@H](c3cc(OC)cc(OC)c3)C2c2ccc(OC)cc2)cc1. The maximum atomic E-state index is 6.04. The average Bonchev–Trinajstić information content (AvgIpc) is 3.36. The van der Waals surface area contributed by atoms with Gasteiger partial charge in [0, 0.05) is 35.1 Å². The minimum atomic E-state index is -0.135. The second-order valence-electron chi connectivity index (χ2n) is 9.63. The lowest BCUT2D eigenvalue weighted by Crippen LogP contribution is -2.09. The van der Waals surface area contributed by atoms with Gasteiger partial charge in [-0.3, -0.25) is 0 Å². The van der Waals surface area contributed by atoms with Crippen LogP contribution in [-0.2, 0) is 0 Å². The molecule has 0 saturated carbocycles. The number of ether oxygens (including phenoxy) is 6. The fraction of sp³-hybridized carbons (Fsp3) is 0.235. The van der Waals surface area contributed by atoms with Gasteiger partial charge in [0.25, 0.3) is 0 Å². The molecule has 0 amide bonds. The molecular weight excluding hydrogens is 584 g/mol. The van der Waals surface area contributed by atoms with E-state index in [4.69, 9.17) is 28.4 Å². The first-order valence-corrected chi connectivity index (χ1v) is 13.9. The minimum absolute atomic E-state index is 0.0906. The summed E-state index contributed by atoms with van der Waals surface area (Å²) in [6.45, 7) is 0. The van der Waals surface area contributed by atoms with Crippen molar-refractivity contribution in [3.05, 3.63) is 105 Å². The Labute approximate surface area is 249 Å². The van der Waals surface area contributed by atoms with Crippen molar-refractivity contribution >= 4 is 27.6 Å². The Kier molecular flexibility index (Phi) is 8.45. The van der Waals surface area contributed by atoms with Gasteiger partial charge in [0.15, 0.2) is 0 Å². The van der Waals surface area contributed by atoms with Crippen LogP contribution in [0.4, 0.5) is 0 Å². The Morgan fingerprint density at radius 2 is 1.07 bits per heavy atom. The van der Waals surface area contributed by atoms with Gasteiger partial charge >= 0.3 is 0 Å². The highest BCUT2D eigenvalue weighted by atomic mass is 79.9. The monoisotopic (exact) mass is 616 g/mol. The lowest BCUT2D eigenvalue weighted by Gasteiger charge is -2.25. The van der Waals surface area contributed by atoms with Gasteiger partial charge in [0.1, 0.15) is 34.5 Å². The molecule has 0 aromatic heterocycles. The van der Waals surface area contributed by atoms with Crippen LogP contribution in [0.3, 0.4) is 0 Å². The summed E-state index contributed by atoms with van der Waals surface area (Å²) in [5.41, 5.74) is 6.41. The van der Waals surface area contributed by atoms with E-state index in [2.05, 4.69) is 58.4 Å². The van der Waals surface area contributed by atoms with E-state index < -0.39 is 0 Å².